The molecule has 0 fully saturated rings. The predicted molar refractivity (Wildman–Crippen MR) is 284 cm³/mol. The van der Waals surface area contributed by atoms with E-state index >= 15 is 0 Å². The molecule has 7 heteroatoms. The number of aromatic nitrogens is 5. The number of imidazole rings is 2. The van der Waals surface area contributed by atoms with Crippen molar-refractivity contribution in [2.45, 2.75) is 53.2 Å². The summed E-state index contributed by atoms with van der Waals surface area (Å²) in [6.07, 6.45) is 1.30. The molecule has 4 aromatic heterocycles. The Balaban J connectivity index is 0.000000264. The summed E-state index contributed by atoms with van der Waals surface area (Å²) in [5.74, 6) is 2.21. The number of nitrogens with zero attached hydrogens (tertiary/aromatic N) is 5. The average molecular weight is 1090 g/mol. The summed E-state index contributed by atoms with van der Waals surface area (Å²) >= 11 is 0. The molecule has 0 bridgehead atoms. The quantitative estimate of drug-likeness (QED) is 0.142. The third kappa shape index (κ3) is 8.57. The van der Waals surface area contributed by atoms with Gasteiger partial charge in [0.05, 0.1) is 33.5 Å². The number of para-hydroxylation sites is 3. The molecular formula is C63H51IrN5O-2. The van der Waals surface area contributed by atoms with E-state index in [1.54, 1.807) is 12.1 Å². The Morgan fingerprint density at radius 3 is 1.87 bits per heavy atom. The molecule has 0 saturated carbocycles. The summed E-state index contributed by atoms with van der Waals surface area (Å²) in [7, 11) is 0. The van der Waals surface area contributed by atoms with Crippen molar-refractivity contribution in [3.63, 3.8) is 0 Å². The third-order valence-corrected chi connectivity index (χ3v) is 12.6. The van der Waals surface area contributed by atoms with Crippen LogP contribution in [0.15, 0.2) is 193 Å². The average Bonchev–Trinajstić information content (AvgIpc) is 4.12. The van der Waals surface area contributed by atoms with Crippen molar-refractivity contribution in [3.8, 4) is 56.5 Å². The number of benzene rings is 8. The normalized spacial score (nSPS) is 13.1. The van der Waals surface area contributed by atoms with Crippen molar-refractivity contribution in [1.29, 1.82) is 0 Å². The van der Waals surface area contributed by atoms with Crippen molar-refractivity contribution in [1.82, 2.24) is 24.1 Å². The Hall–Kier alpha value is -7.70. The summed E-state index contributed by atoms with van der Waals surface area (Å²) in [6, 6.07) is 67.2. The first-order chi connectivity index (χ1) is 36.1. The van der Waals surface area contributed by atoms with Crippen LogP contribution in [0.25, 0.3) is 101 Å². The molecule has 0 saturated heterocycles. The summed E-state index contributed by atoms with van der Waals surface area (Å²) in [6.45, 7) is 4.80. The van der Waals surface area contributed by atoms with E-state index in [1.165, 1.54) is 52.3 Å². The second-order valence-corrected chi connectivity index (χ2v) is 17.9. The molecule has 8 aromatic carbocycles. The topological polar surface area (TPSA) is 61.7 Å². The molecule has 0 amide bonds. The van der Waals surface area contributed by atoms with Crippen molar-refractivity contribution in [2.75, 3.05) is 0 Å². The van der Waals surface area contributed by atoms with Gasteiger partial charge < -0.3 is 14.0 Å². The first-order valence-corrected chi connectivity index (χ1v) is 23.2. The van der Waals surface area contributed by atoms with E-state index in [-0.39, 0.29) is 43.1 Å². The van der Waals surface area contributed by atoms with Gasteiger partial charge in [-0.2, -0.15) is 0 Å². The Morgan fingerprint density at radius 1 is 0.557 bits per heavy atom. The van der Waals surface area contributed by atoms with Crippen LogP contribution in [0, 0.1) is 25.8 Å². The molecule has 0 aliphatic rings. The first-order valence-electron chi connectivity index (χ1n) is 26.2. The van der Waals surface area contributed by atoms with Gasteiger partial charge >= 0.3 is 0 Å². The van der Waals surface area contributed by atoms with Crippen molar-refractivity contribution < 1.29 is 32.7 Å². The van der Waals surface area contributed by atoms with Gasteiger partial charge in [0, 0.05) is 62.9 Å². The minimum absolute atomic E-state index is 0. The van der Waals surface area contributed by atoms with Gasteiger partial charge in [0.25, 0.3) is 0 Å². The molecule has 0 atom stereocenters. The van der Waals surface area contributed by atoms with Crippen LogP contribution in [0.4, 0.5) is 0 Å². The second kappa shape index (κ2) is 19.4. The van der Waals surface area contributed by atoms with Gasteiger partial charge in [-0.1, -0.05) is 149 Å². The zero-order chi connectivity index (χ0) is 52.2. The van der Waals surface area contributed by atoms with E-state index in [2.05, 4.69) is 187 Å². The smallest absolute Gasteiger partial charge is 0.145 e. The molecule has 12 aromatic rings. The molecule has 0 spiro atoms. The van der Waals surface area contributed by atoms with E-state index in [4.69, 9.17) is 22.6 Å². The maximum absolute atomic E-state index is 7.28. The summed E-state index contributed by atoms with van der Waals surface area (Å²) < 4.78 is 55.1. The van der Waals surface area contributed by atoms with Gasteiger partial charge in [-0.15, -0.1) is 53.6 Å². The van der Waals surface area contributed by atoms with Gasteiger partial charge in [0.15, 0.2) is 0 Å². The van der Waals surface area contributed by atoms with Crippen molar-refractivity contribution in [3.05, 3.63) is 223 Å². The molecule has 70 heavy (non-hydrogen) atoms. The minimum Gasteiger partial charge on any atom is -0.500 e. The van der Waals surface area contributed by atoms with Gasteiger partial charge in [-0.25, -0.2) is 4.98 Å². The van der Waals surface area contributed by atoms with Gasteiger partial charge in [0.2, 0.25) is 0 Å². The number of hydrogen-bond donors (Lipinski definition) is 0. The fourth-order valence-electron chi connectivity index (χ4n) is 9.27. The van der Waals surface area contributed by atoms with Gasteiger partial charge in [-0.05, 0) is 94.7 Å². The van der Waals surface area contributed by atoms with Crippen LogP contribution in [0.3, 0.4) is 0 Å². The molecule has 345 valence electrons. The number of pyridine rings is 1. The number of hydrogen-bond acceptors (Lipinski definition) is 4. The SMILES string of the molecule is CC(C)c1cc(-c2ccccc2)cc(C(C)C)c1-n1c(-c2[c-]ccc3c2oc2cc4nc(-c5ccccc5)n(-c5ccccc5)c4cc23)nc2ccccc21.[2H]C([2H])([2H])c1c[c-]c(-c2ccc(C([2H])([2H])[2H])cn2)cc1.[Ir]. The minimum atomic E-state index is -2.18. The fraction of sp³-hybridized carbons (Fsp3) is 0.127. The number of furan rings is 1. The summed E-state index contributed by atoms with van der Waals surface area (Å²) in [5, 5.41) is 2.04. The number of rotatable bonds is 8. The van der Waals surface area contributed by atoms with E-state index in [9.17, 15) is 0 Å². The van der Waals surface area contributed by atoms with Crippen LogP contribution in [0.1, 0.15) is 70.0 Å². The maximum atomic E-state index is 7.28. The fourth-order valence-corrected chi connectivity index (χ4v) is 9.27. The third-order valence-electron chi connectivity index (χ3n) is 12.6. The molecule has 0 N–H and O–H groups in total. The first kappa shape index (κ1) is 39.2. The van der Waals surface area contributed by atoms with Crippen LogP contribution in [-0.2, 0) is 20.1 Å². The summed E-state index contributed by atoms with van der Waals surface area (Å²) in [5.41, 5.74) is 16.1. The van der Waals surface area contributed by atoms with Crippen molar-refractivity contribution >= 4 is 44.0 Å². The number of fused-ring (bicyclic) bond motifs is 5. The van der Waals surface area contributed by atoms with Crippen LogP contribution < -0.4 is 0 Å². The monoisotopic (exact) mass is 1090 g/mol. The predicted octanol–water partition coefficient (Wildman–Crippen LogP) is 16.5. The van der Waals surface area contributed by atoms with Crippen LogP contribution >= 0.6 is 0 Å². The molecule has 1 radical (unpaired) electrons. The zero-order valence-electron chi connectivity index (χ0n) is 45.0. The molecule has 0 unspecified atom stereocenters. The molecule has 0 aliphatic heterocycles. The Kier molecular flexibility index (Phi) is 10.8. The van der Waals surface area contributed by atoms with E-state index < -0.39 is 13.7 Å². The number of aryl methyl sites for hydroxylation is 2. The van der Waals surface area contributed by atoms with Gasteiger partial charge in [-0.3, -0.25) is 9.55 Å². The summed E-state index contributed by atoms with van der Waals surface area (Å²) in [4.78, 5) is 14.6. The van der Waals surface area contributed by atoms with E-state index in [0.29, 0.717) is 11.3 Å². The molecule has 6 nitrogen and oxygen atoms in total. The molecular weight excluding hydrogens is 1030 g/mol. The zero-order valence-corrected chi connectivity index (χ0v) is 41.4. The molecule has 4 heterocycles. The molecule has 12 rings (SSSR count). The Morgan fingerprint density at radius 2 is 1.21 bits per heavy atom. The second-order valence-electron chi connectivity index (χ2n) is 17.9. The Labute approximate surface area is 431 Å². The standard InChI is InChI=1S/C50H39N4O.C13H12N.Ir/c1-31(2)39-27-35(33-17-8-5-9-18-33)28-40(32(3)4)47(39)54-44-26-15-14-25-42(44)51-50(54)38-24-16-23-37-41-29-45-43(30-46(41)55-48(37)38)52-49(34-19-10-6-11-20-34)53(45)36-21-12-7-13-22-36;1-10-3-6-12(7-4-10)13-8-5-11(2)9-14-13;/h5-23,25-32H,1-4H3;3-6,8-9H,1-2H3;/q2*-1;/i;1D3,2D3;. The van der Waals surface area contributed by atoms with Gasteiger partial charge in [0.1, 0.15) is 11.4 Å². The largest absolute Gasteiger partial charge is 0.500 e. The van der Waals surface area contributed by atoms with Crippen LogP contribution in [0.5, 0.6) is 0 Å². The Bertz CT molecular complexity index is 3930. The van der Waals surface area contributed by atoms with E-state index in [1.807, 2.05) is 18.2 Å². The van der Waals surface area contributed by atoms with Crippen LogP contribution in [-0.4, -0.2) is 24.1 Å². The maximum Gasteiger partial charge on any atom is 0.145 e. The van der Waals surface area contributed by atoms with Crippen molar-refractivity contribution in [2.24, 2.45) is 0 Å². The molecule has 0 aliphatic carbocycles. The van der Waals surface area contributed by atoms with E-state index in [0.717, 1.165) is 72.5 Å². The van der Waals surface area contributed by atoms with Crippen LogP contribution in [0.2, 0.25) is 0 Å².